The molecule has 0 spiro atoms. The van der Waals surface area contributed by atoms with Crippen molar-refractivity contribution in [3.8, 4) is 11.1 Å². The van der Waals surface area contributed by atoms with Gasteiger partial charge in [-0.2, -0.15) is 0 Å². The monoisotopic (exact) mass is 331 g/mol. The molecule has 4 rings (SSSR count). The molecule has 128 valence electrons. The van der Waals surface area contributed by atoms with Crippen LogP contribution in [0.5, 0.6) is 0 Å². The van der Waals surface area contributed by atoms with E-state index in [1.807, 2.05) is 6.20 Å². The largest absolute Gasteiger partial charge is 0.323 e. The van der Waals surface area contributed by atoms with Crippen molar-refractivity contribution in [3.63, 3.8) is 0 Å². The average molecular weight is 331 g/mol. The highest BCUT2D eigenvalue weighted by molar-refractivity contribution is 5.84. The van der Waals surface area contributed by atoms with Crippen LogP contribution in [0.15, 0.2) is 48.7 Å². The van der Waals surface area contributed by atoms with E-state index in [0.717, 1.165) is 23.0 Å². The van der Waals surface area contributed by atoms with Crippen LogP contribution < -0.4 is 5.73 Å². The van der Waals surface area contributed by atoms with Gasteiger partial charge in [-0.25, -0.2) is 0 Å². The van der Waals surface area contributed by atoms with Gasteiger partial charge >= 0.3 is 0 Å². The maximum absolute atomic E-state index is 6.29. The van der Waals surface area contributed by atoms with Crippen LogP contribution in [0.1, 0.15) is 56.5 Å². The molecule has 0 saturated heterocycles. The van der Waals surface area contributed by atoms with Gasteiger partial charge < -0.3 is 5.73 Å². The quantitative estimate of drug-likeness (QED) is 0.697. The maximum Gasteiger partial charge on any atom is 0.0706 e. The van der Waals surface area contributed by atoms with Crippen LogP contribution in [-0.4, -0.2) is 9.97 Å². The lowest BCUT2D eigenvalue weighted by Crippen LogP contribution is -2.14. The van der Waals surface area contributed by atoms with E-state index in [9.17, 15) is 0 Å². The van der Waals surface area contributed by atoms with E-state index in [4.69, 9.17) is 10.7 Å². The Morgan fingerprint density at radius 2 is 1.84 bits per heavy atom. The Kier molecular flexibility index (Phi) is 4.26. The number of fused-ring (bicyclic) bond motifs is 1. The number of benzene rings is 1. The Hall–Kier alpha value is -2.26. The summed E-state index contributed by atoms with van der Waals surface area (Å²) in [4.78, 5) is 9.30. The summed E-state index contributed by atoms with van der Waals surface area (Å²) in [6, 6.07) is 15.0. The van der Waals surface area contributed by atoms with Gasteiger partial charge in [0.25, 0.3) is 0 Å². The summed E-state index contributed by atoms with van der Waals surface area (Å²) in [5, 5.41) is 1.16. The van der Waals surface area contributed by atoms with Crippen molar-refractivity contribution in [2.24, 2.45) is 11.7 Å². The lowest BCUT2D eigenvalue weighted by Gasteiger charge is -2.14. The van der Waals surface area contributed by atoms with Crippen molar-refractivity contribution in [2.75, 3.05) is 0 Å². The third-order valence-electron chi connectivity index (χ3n) is 4.93. The molecule has 25 heavy (non-hydrogen) atoms. The zero-order valence-electron chi connectivity index (χ0n) is 14.9. The highest BCUT2D eigenvalue weighted by Gasteiger charge is 2.25. The predicted molar refractivity (Wildman–Crippen MR) is 103 cm³/mol. The van der Waals surface area contributed by atoms with E-state index in [0.29, 0.717) is 11.8 Å². The van der Waals surface area contributed by atoms with Gasteiger partial charge in [-0.1, -0.05) is 26.0 Å². The maximum atomic E-state index is 6.29. The van der Waals surface area contributed by atoms with Gasteiger partial charge in [0.15, 0.2) is 0 Å². The van der Waals surface area contributed by atoms with Gasteiger partial charge in [0.05, 0.1) is 11.2 Å². The fourth-order valence-electron chi connectivity index (χ4n) is 3.39. The molecule has 0 amide bonds. The third-order valence-corrected chi connectivity index (χ3v) is 4.93. The first-order valence-corrected chi connectivity index (χ1v) is 9.23. The molecule has 3 aromatic rings. The molecule has 1 aliphatic rings. The number of hydrogen-bond acceptors (Lipinski definition) is 3. The Balaban J connectivity index is 1.65. The summed E-state index contributed by atoms with van der Waals surface area (Å²) in [5.41, 5.74) is 12.0. The van der Waals surface area contributed by atoms with Crippen LogP contribution in [0.25, 0.3) is 22.0 Å². The molecule has 2 N–H and O–H groups in total. The van der Waals surface area contributed by atoms with Crippen LogP contribution in [0.2, 0.25) is 0 Å². The lowest BCUT2D eigenvalue weighted by molar-refractivity contribution is 0.503. The van der Waals surface area contributed by atoms with Crippen LogP contribution in [0.4, 0.5) is 0 Å². The molecule has 1 fully saturated rings. The number of pyridine rings is 2. The van der Waals surface area contributed by atoms with Gasteiger partial charge in [-0.15, -0.1) is 0 Å². The van der Waals surface area contributed by atoms with Gasteiger partial charge in [-0.3, -0.25) is 9.97 Å². The van der Waals surface area contributed by atoms with E-state index in [1.165, 1.54) is 29.7 Å². The third kappa shape index (κ3) is 3.57. The summed E-state index contributed by atoms with van der Waals surface area (Å²) in [7, 11) is 0. The molecular formula is C22H25N3. The highest BCUT2D eigenvalue weighted by atomic mass is 14.8. The van der Waals surface area contributed by atoms with Crippen LogP contribution in [-0.2, 0) is 0 Å². The fourth-order valence-corrected chi connectivity index (χ4v) is 3.39. The van der Waals surface area contributed by atoms with Gasteiger partial charge in [-0.05, 0) is 66.6 Å². The minimum Gasteiger partial charge on any atom is -0.323 e. The molecule has 3 heteroatoms. The van der Waals surface area contributed by atoms with Crippen molar-refractivity contribution in [2.45, 2.75) is 45.1 Å². The van der Waals surface area contributed by atoms with Crippen molar-refractivity contribution in [3.05, 3.63) is 60.0 Å². The minimum atomic E-state index is 0.00498. The predicted octanol–water partition coefficient (Wildman–Crippen LogP) is 5.22. The second-order valence-electron chi connectivity index (χ2n) is 7.62. The smallest absolute Gasteiger partial charge is 0.0706 e. The number of rotatable bonds is 5. The Bertz CT molecular complexity index is 897. The molecule has 1 aromatic carbocycles. The molecule has 0 aliphatic heterocycles. The van der Waals surface area contributed by atoms with Gasteiger partial charge in [0.2, 0.25) is 0 Å². The first kappa shape index (κ1) is 16.2. The summed E-state index contributed by atoms with van der Waals surface area (Å²) in [5.74, 6) is 1.24. The van der Waals surface area contributed by atoms with E-state index in [2.05, 4.69) is 61.3 Å². The van der Waals surface area contributed by atoms with Crippen molar-refractivity contribution >= 4 is 10.9 Å². The van der Waals surface area contributed by atoms with Gasteiger partial charge in [0, 0.05) is 29.2 Å². The zero-order chi connectivity index (χ0) is 17.4. The number of aromatic nitrogens is 2. The molecule has 2 heterocycles. The van der Waals surface area contributed by atoms with Crippen molar-refractivity contribution < 1.29 is 0 Å². The number of hydrogen-bond donors (Lipinski definition) is 1. The van der Waals surface area contributed by atoms with Gasteiger partial charge in [0.1, 0.15) is 0 Å². The minimum absolute atomic E-state index is 0.00498. The van der Waals surface area contributed by atoms with Crippen LogP contribution in [0.3, 0.4) is 0 Å². The zero-order valence-corrected chi connectivity index (χ0v) is 14.9. The Morgan fingerprint density at radius 3 is 2.60 bits per heavy atom. The molecule has 1 unspecified atom stereocenters. The summed E-state index contributed by atoms with van der Waals surface area (Å²) < 4.78 is 0. The fraction of sp³-hybridized carbons (Fsp3) is 0.364. The standard InChI is InChI=1S/C22H25N3/c1-14(2)11-19(23)21-8-6-18-12-16(5-7-20(18)25-21)17-9-10-24-22(13-17)15-3-4-15/h5-10,12-15,19H,3-4,11,23H2,1-2H3. The summed E-state index contributed by atoms with van der Waals surface area (Å²) >= 11 is 0. The summed E-state index contributed by atoms with van der Waals surface area (Å²) in [6.07, 6.45) is 5.44. The molecule has 0 radical (unpaired) electrons. The molecule has 0 bridgehead atoms. The van der Waals surface area contributed by atoms with Crippen molar-refractivity contribution in [1.29, 1.82) is 0 Å². The SMILES string of the molecule is CC(C)CC(N)c1ccc2cc(-c3ccnc(C4CC4)c3)ccc2n1. The molecule has 3 nitrogen and oxygen atoms in total. The first-order chi connectivity index (χ1) is 12.1. The number of nitrogens with two attached hydrogens (primary N) is 1. The van der Waals surface area contributed by atoms with E-state index >= 15 is 0 Å². The second-order valence-corrected chi connectivity index (χ2v) is 7.62. The number of nitrogens with zero attached hydrogens (tertiary/aromatic N) is 2. The highest BCUT2D eigenvalue weighted by Crippen LogP contribution is 2.40. The van der Waals surface area contributed by atoms with E-state index in [-0.39, 0.29) is 6.04 Å². The van der Waals surface area contributed by atoms with E-state index < -0.39 is 0 Å². The summed E-state index contributed by atoms with van der Waals surface area (Å²) in [6.45, 7) is 4.38. The normalized spacial score (nSPS) is 15.7. The lowest BCUT2D eigenvalue weighted by atomic mass is 9.99. The van der Waals surface area contributed by atoms with E-state index in [1.54, 1.807) is 0 Å². The average Bonchev–Trinajstić information content (AvgIpc) is 3.45. The Morgan fingerprint density at radius 1 is 1.04 bits per heavy atom. The molecule has 2 aromatic heterocycles. The molecule has 1 saturated carbocycles. The Labute approximate surface area is 149 Å². The molecule has 1 atom stereocenters. The van der Waals surface area contributed by atoms with Crippen LogP contribution >= 0.6 is 0 Å². The first-order valence-electron chi connectivity index (χ1n) is 9.23. The molecular weight excluding hydrogens is 306 g/mol. The topological polar surface area (TPSA) is 51.8 Å². The molecule has 1 aliphatic carbocycles. The van der Waals surface area contributed by atoms with Crippen LogP contribution in [0, 0.1) is 5.92 Å². The second kappa shape index (κ2) is 6.57. The van der Waals surface area contributed by atoms with Crippen molar-refractivity contribution in [1.82, 2.24) is 9.97 Å².